The highest BCUT2D eigenvalue weighted by molar-refractivity contribution is 5.80. The molecular formula is C17H16N4O. The van der Waals surface area contributed by atoms with Crippen molar-refractivity contribution in [3.8, 4) is 11.4 Å². The van der Waals surface area contributed by atoms with Gasteiger partial charge in [0.15, 0.2) is 0 Å². The van der Waals surface area contributed by atoms with Crippen LogP contribution in [0.2, 0.25) is 0 Å². The summed E-state index contributed by atoms with van der Waals surface area (Å²) >= 11 is 0. The number of aliphatic imine (C=N–C) groups is 1. The molecule has 2 aromatic carbocycles. The van der Waals surface area contributed by atoms with E-state index < -0.39 is 0 Å². The van der Waals surface area contributed by atoms with Crippen LogP contribution < -0.4 is 4.74 Å². The fourth-order valence-corrected chi connectivity index (χ4v) is 2.08. The van der Waals surface area contributed by atoms with E-state index in [4.69, 9.17) is 4.74 Å². The second-order valence-electron chi connectivity index (χ2n) is 4.76. The summed E-state index contributed by atoms with van der Waals surface area (Å²) in [5, 5.41) is 8.36. The molecule has 110 valence electrons. The summed E-state index contributed by atoms with van der Waals surface area (Å²) in [4.78, 5) is 4.42. The molecule has 3 aromatic rings. The molecule has 1 aromatic heterocycles. The molecule has 5 nitrogen and oxygen atoms in total. The third kappa shape index (κ3) is 2.88. The summed E-state index contributed by atoms with van der Waals surface area (Å²) in [5.74, 6) is 0.810. The first-order valence-corrected chi connectivity index (χ1v) is 6.94. The zero-order valence-electron chi connectivity index (χ0n) is 12.5. The molecule has 5 heteroatoms. The number of para-hydroxylation sites is 1. The number of rotatable bonds is 4. The Bertz CT molecular complexity index is 776. The van der Waals surface area contributed by atoms with Crippen LogP contribution in [0.4, 0.5) is 5.69 Å². The lowest BCUT2D eigenvalue weighted by Gasteiger charge is -2.01. The molecule has 0 fully saturated rings. The second kappa shape index (κ2) is 6.22. The van der Waals surface area contributed by atoms with Gasteiger partial charge in [-0.25, -0.2) is 4.68 Å². The Morgan fingerprint density at radius 2 is 1.77 bits per heavy atom. The molecule has 0 radical (unpaired) electrons. The zero-order chi connectivity index (χ0) is 15.4. The summed E-state index contributed by atoms with van der Waals surface area (Å²) in [6.45, 7) is 1.97. The number of hydrogen-bond acceptors (Lipinski definition) is 4. The van der Waals surface area contributed by atoms with Gasteiger partial charge >= 0.3 is 0 Å². The van der Waals surface area contributed by atoms with Crippen LogP contribution >= 0.6 is 0 Å². The third-order valence-corrected chi connectivity index (χ3v) is 3.34. The normalized spacial score (nSPS) is 11.0. The van der Waals surface area contributed by atoms with Crippen LogP contribution in [0.1, 0.15) is 11.4 Å². The van der Waals surface area contributed by atoms with Gasteiger partial charge < -0.3 is 4.74 Å². The fourth-order valence-electron chi connectivity index (χ4n) is 2.08. The first-order valence-electron chi connectivity index (χ1n) is 6.94. The van der Waals surface area contributed by atoms with E-state index in [1.807, 2.05) is 61.5 Å². The molecule has 0 saturated heterocycles. The van der Waals surface area contributed by atoms with Crippen LogP contribution in [0.3, 0.4) is 0 Å². The maximum absolute atomic E-state index is 5.13. The van der Waals surface area contributed by atoms with Crippen molar-refractivity contribution in [1.29, 1.82) is 0 Å². The lowest BCUT2D eigenvalue weighted by Crippen LogP contribution is -1.98. The third-order valence-electron chi connectivity index (χ3n) is 3.34. The molecule has 22 heavy (non-hydrogen) atoms. The van der Waals surface area contributed by atoms with Gasteiger partial charge in [0, 0.05) is 0 Å². The van der Waals surface area contributed by atoms with Crippen molar-refractivity contribution in [3.63, 3.8) is 0 Å². The largest absolute Gasteiger partial charge is 0.497 e. The predicted octanol–water partition coefficient (Wildman–Crippen LogP) is 3.33. The van der Waals surface area contributed by atoms with E-state index in [0.717, 1.165) is 28.5 Å². The van der Waals surface area contributed by atoms with E-state index in [2.05, 4.69) is 15.3 Å². The highest BCUT2D eigenvalue weighted by Crippen LogP contribution is 2.18. The Hall–Kier alpha value is -2.95. The van der Waals surface area contributed by atoms with E-state index >= 15 is 0 Å². The molecule has 0 amide bonds. The maximum atomic E-state index is 5.13. The second-order valence-corrected chi connectivity index (χ2v) is 4.76. The minimum Gasteiger partial charge on any atom is -0.497 e. The van der Waals surface area contributed by atoms with Crippen LogP contribution in [0.15, 0.2) is 59.6 Å². The maximum Gasteiger partial charge on any atom is 0.127 e. The van der Waals surface area contributed by atoms with Crippen molar-refractivity contribution in [2.75, 3.05) is 7.11 Å². The molecule has 0 aliphatic carbocycles. The van der Waals surface area contributed by atoms with E-state index in [0.29, 0.717) is 0 Å². The van der Waals surface area contributed by atoms with Gasteiger partial charge in [-0.15, -0.1) is 5.10 Å². The van der Waals surface area contributed by atoms with Crippen molar-refractivity contribution in [3.05, 3.63) is 66.0 Å². The van der Waals surface area contributed by atoms with Gasteiger partial charge in [-0.2, -0.15) is 0 Å². The van der Waals surface area contributed by atoms with Gasteiger partial charge in [0.25, 0.3) is 0 Å². The summed E-state index contributed by atoms with van der Waals surface area (Å²) in [6.07, 6.45) is 1.73. The topological polar surface area (TPSA) is 52.3 Å². The molecule has 1 heterocycles. The van der Waals surface area contributed by atoms with E-state index in [1.165, 1.54) is 0 Å². The van der Waals surface area contributed by atoms with E-state index in [1.54, 1.807) is 18.0 Å². The van der Waals surface area contributed by atoms with Crippen LogP contribution in [0.25, 0.3) is 5.69 Å². The monoisotopic (exact) mass is 292 g/mol. The highest BCUT2D eigenvalue weighted by atomic mass is 16.5. The molecule has 0 saturated carbocycles. The van der Waals surface area contributed by atoms with Gasteiger partial charge in [0.1, 0.15) is 11.4 Å². The quantitative estimate of drug-likeness (QED) is 0.693. The number of aromatic nitrogens is 3. The van der Waals surface area contributed by atoms with Gasteiger partial charge in [-0.05, 0) is 43.3 Å². The average Bonchev–Trinajstić information content (AvgIpc) is 2.95. The Balaban J connectivity index is 1.84. The minimum atomic E-state index is 0.750. The number of benzene rings is 2. The molecule has 0 bridgehead atoms. The Kier molecular flexibility index (Phi) is 3.96. The predicted molar refractivity (Wildman–Crippen MR) is 86.3 cm³/mol. The summed E-state index contributed by atoms with van der Waals surface area (Å²) in [6, 6.07) is 17.4. The first-order chi connectivity index (χ1) is 10.8. The Morgan fingerprint density at radius 1 is 1.05 bits per heavy atom. The Morgan fingerprint density at radius 3 is 2.45 bits per heavy atom. The fraction of sp³-hybridized carbons (Fsp3) is 0.118. The smallest absolute Gasteiger partial charge is 0.127 e. The van der Waals surface area contributed by atoms with Crippen molar-refractivity contribution in [1.82, 2.24) is 15.0 Å². The SMILES string of the molecule is COc1ccc(N=Cc2nnn(-c3ccccc3)c2C)cc1. The summed E-state index contributed by atoms with van der Waals surface area (Å²) < 4.78 is 6.93. The van der Waals surface area contributed by atoms with Crippen LogP contribution in [0, 0.1) is 6.92 Å². The molecule has 0 unspecified atom stereocenters. The molecular weight excluding hydrogens is 276 g/mol. The van der Waals surface area contributed by atoms with Crippen molar-refractivity contribution >= 4 is 11.9 Å². The van der Waals surface area contributed by atoms with Crippen LogP contribution in [0.5, 0.6) is 5.75 Å². The van der Waals surface area contributed by atoms with Crippen LogP contribution in [-0.4, -0.2) is 28.3 Å². The van der Waals surface area contributed by atoms with Crippen LogP contribution in [-0.2, 0) is 0 Å². The molecule has 0 aliphatic heterocycles. The van der Waals surface area contributed by atoms with Gasteiger partial charge in [0.2, 0.25) is 0 Å². The van der Waals surface area contributed by atoms with Crippen molar-refractivity contribution < 1.29 is 4.74 Å². The van der Waals surface area contributed by atoms with Gasteiger partial charge in [0.05, 0.1) is 30.4 Å². The number of methoxy groups -OCH3 is 1. The highest BCUT2D eigenvalue weighted by Gasteiger charge is 2.07. The van der Waals surface area contributed by atoms with E-state index in [9.17, 15) is 0 Å². The minimum absolute atomic E-state index is 0.750. The Labute approximate surface area is 128 Å². The van der Waals surface area contributed by atoms with Crippen molar-refractivity contribution in [2.24, 2.45) is 4.99 Å². The standard InChI is InChI=1S/C17H16N4O/c1-13-17(12-18-14-8-10-16(22-2)11-9-14)19-20-21(13)15-6-4-3-5-7-15/h3-12H,1-2H3. The van der Waals surface area contributed by atoms with E-state index in [-0.39, 0.29) is 0 Å². The molecule has 0 aliphatic rings. The molecule has 3 rings (SSSR count). The average molecular weight is 292 g/mol. The van der Waals surface area contributed by atoms with Gasteiger partial charge in [-0.3, -0.25) is 4.99 Å². The number of hydrogen-bond donors (Lipinski definition) is 0. The molecule has 0 N–H and O–H groups in total. The number of ether oxygens (including phenoxy) is 1. The molecule has 0 spiro atoms. The number of nitrogens with zero attached hydrogens (tertiary/aromatic N) is 4. The summed E-state index contributed by atoms with van der Waals surface area (Å²) in [7, 11) is 1.64. The first kappa shape index (κ1) is 14.0. The van der Waals surface area contributed by atoms with Crippen molar-refractivity contribution in [2.45, 2.75) is 6.92 Å². The molecule has 0 atom stereocenters. The summed E-state index contributed by atoms with van der Waals surface area (Å²) in [5.41, 5.74) is 3.52. The zero-order valence-corrected chi connectivity index (χ0v) is 12.5. The lowest BCUT2D eigenvalue weighted by atomic mass is 10.3. The van der Waals surface area contributed by atoms with Gasteiger partial charge in [-0.1, -0.05) is 23.4 Å². The lowest BCUT2D eigenvalue weighted by molar-refractivity contribution is 0.415.